The van der Waals surface area contributed by atoms with E-state index in [1.807, 2.05) is 34.6 Å². The first-order chi connectivity index (χ1) is 14.2. The van der Waals surface area contributed by atoms with Gasteiger partial charge in [-0.1, -0.05) is 71.1 Å². The predicted octanol–water partition coefficient (Wildman–Crippen LogP) is 7.45. The van der Waals surface area contributed by atoms with Crippen molar-refractivity contribution in [3.63, 3.8) is 0 Å². The number of nitrogens with zero attached hydrogens (tertiary/aromatic N) is 1. The van der Waals surface area contributed by atoms with Crippen molar-refractivity contribution in [2.24, 2.45) is 0 Å². The summed E-state index contributed by atoms with van der Waals surface area (Å²) in [6.45, 7) is 12.3. The normalized spacial score (nSPS) is 18.2. The van der Waals surface area contributed by atoms with Crippen molar-refractivity contribution >= 4 is 6.09 Å². The number of unbranched alkanes of at least 4 members (excludes halogenated alkanes) is 11. The molecule has 0 aromatic heterocycles. The van der Waals surface area contributed by atoms with Gasteiger partial charge in [0.25, 0.3) is 0 Å². The van der Waals surface area contributed by atoms with Crippen molar-refractivity contribution in [1.82, 2.24) is 4.90 Å². The molecule has 1 aliphatic rings. The first-order valence-corrected chi connectivity index (χ1v) is 12.3. The van der Waals surface area contributed by atoms with Crippen LogP contribution in [0.5, 0.6) is 0 Å². The van der Waals surface area contributed by atoms with Gasteiger partial charge in [0.2, 0.25) is 0 Å². The maximum atomic E-state index is 12.6. The SMILES string of the molecule is CCCCCCCCCCCCCC#CC[C@@H]1COC(C)(C)N1C(=O)OC(C)(C)C. The van der Waals surface area contributed by atoms with Gasteiger partial charge >= 0.3 is 6.09 Å². The largest absolute Gasteiger partial charge is 0.444 e. The van der Waals surface area contributed by atoms with Crippen LogP contribution in [0.25, 0.3) is 0 Å². The van der Waals surface area contributed by atoms with Crippen molar-refractivity contribution < 1.29 is 14.3 Å². The smallest absolute Gasteiger partial charge is 0.412 e. The molecule has 1 amide bonds. The Bertz CT molecular complexity index is 539. The molecular weight excluding hydrogens is 374 g/mol. The average Bonchev–Trinajstić information content (AvgIpc) is 2.95. The highest BCUT2D eigenvalue weighted by Crippen LogP contribution is 2.30. The molecule has 0 saturated carbocycles. The van der Waals surface area contributed by atoms with Crippen molar-refractivity contribution in [2.75, 3.05) is 6.61 Å². The second-order valence-corrected chi connectivity index (χ2v) is 10.1. The molecule has 0 bridgehead atoms. The Hall–Kier alpha value is -1.21. The summed E-state index contributed by atoms with van der Waals surface area (Å²) < 4.78 is 11.4. The summed E-state index contributed by atoms with van der Waals surface area (Å²) in [5, 5.41) is 0. The van der Waals surface area contributed by atoms with Crippen LogP contribution in [0.4, 0.5) is 4.79 Å². The van der Waals surface area contributed by atoms with E-state index in [0.29, 0.717) is 13.0 Å². The lowest BCUT2D eigenvalue weighted by molar-refractivity contribution is -0.0622. The van der Waals surface area contributed by atoms with Crippen LogP contribution in [-0.4, -0.2) is 35.0 Å². The zero-order valence-electron chi connectivity index (χ0n) is 20.6. The van der Waals surface area contributed by atoms with Crippen molar-refractivity contribution in [2.45, 2.75) is 142 Å². The molecule has 4 nitrogen and oxygen atoms in total. The summed E-state index contributed by atoms with van der Waals surface area (Å²) >= 11 is 0. The Labute approximate surface area is 186 Å². The van der Waals surface area contributed by atoms with Gasteiger partial charge in [0, 0.05) is 12.8 Å². The maximum Gasteiger partial charge on any atom is 0.412 e. The van der Waals surface area contributed by atoms with Gasteiger partial charge in [0.1, 0.15) is 11.3 Å². The minimum absolute atomic E-state index is 0.0420. The molecule has 174 valence electrons. The zero-order valence-corrected chi connectivity index (χ0v) is 20.6. The molecule has 30 heavy (non-hydrogen) atoms. The number of carbonyl (C=O) groups excluding carboxylic acids is 1. The molecular formula is C26H47NO3. The van der Waals surface area contributed by atoms with Crippen molar-refractivity contribution in [1.29, 1.82) is 0 Å². The molecule has 1 heterocycles. The quantitative estimate of drug-likeness (QED) is 0.242. The van der Waals surface area contributed by atoms with Crippen molar-refractivity contribution in [3.05, 3.63) is 0 Å². The topological polar surface area (TPSA) is 38.8 Å². The summed E-state index contributed by atoms with van der Waals surface area (Å²) in [4.78, 5) is 14.3. The number of carbonyl (C=O) groups is 1. The lowest BCUT2D eigenvalue weighted by atomic mass is 10.1. The average molecular weight is 422 g/mol. The first-order valence-electron chi connectivity index (χ1n) is 12.3. The van der Waals surface area contributed by atoms with Crippen LogP contribution in [0.3, 0.4) is 0 Å². The third kappa shape index (κ3) is 11.3. The van der Waals surface area contributed by atoms with Crippen LogP contribution >= 0.6 is 0 Å². The summed E-state index contributed by atoms with van der Waals surface area (Å²) in [6.07, 6.45) is 16.1. The third-order valence-electron chi connectivity index (χ3n) is 5.53. The van der Waals surface area contributed by atoms with E-state index in [-0.39, 0.29) is 12.1 Å². The van der Waals surface area contributed by atoms with E-state index in [0.717, 1.165) is 6.42 Å². The number of hydrogen-bond acceptors (Lipinski definition) is 3. The van der Waals surface area contributed by atoms with Crippen molar-refractivity contribution in [3.8, 4) is 11.8 Å². The second kappa shape index (κ2) is 14.0. The summed E-state index contributed by atoms with van der Waals surface area (Å²) in [6, 6.07) is -0.0420. The Balaban J connectivity index is 2.18. The van der Waals surface area contributed by atoms with Crippen LogP contribution in [0.1, 0.15) is 125 Å². The number of rotatable bonds is 12. The van der Waals surface area contributed by atoms with E-state index in [2.05, 4.69) is 18.8 Å². The molecule has 0 N–H and O–H groups in total. The number of amides is 1. The molecule has 1 aliphatic heterocycles. The molecule has 0 unspecified atom stereocenters. The Morgan fingerprint density at radius 3 is 2.03 bits per heavy atom. The van der Waals surface area contributed by atoms with Gasteiger partial charge in [0.05, 0.1) is 12.6 Å². The van der Waals surface area contributed by atoms with E-state index >= 15 is 0 Å². The monoisotopic (exact) mass is 421 g/mol. The third-order valence-corrected chi connectivity index (χ3v) is 5.53. The van der Waals surface area contributed by atoms with E-state index < -0.39 is 11.3 Å². The standard InChI is InChI=1S/C26H47NO3/c1-7-8-9-10-11-12-13-14-15-16-17-18-19-20-21-23-22-29-26(5,6)27(23)24(28)30-25(2,3)4/h23H,7-18,21-22H2,1-6H3/t23-/m1/s1. The van der Waals surface area contributed by atoms with E-state index in [1.54, 1.807) is 4.90 Å². The highest BCUT2D eigenvalue weighted by molar-refractivity contribution is 5.69. The van der Waals surface area contributed by atoms with Gasteiger partial charge < -0.3 is 9.47 Å². The molecule has 0 spiro atoms. The highest BCUT2D eigenvalue weighted by Gasteiger charge is 2.45. The van der Waals surface area contributed by atoms with Gasteiger partial charge in [-0.3, -0.25) is 4.90 Å². The fraction of sp³-hybridized carbons (Fsp3) is 0.885. The lowest BCUT2D eigenvalue weighted by Gasteiger charge is -2.34. The minimum atomic E-state index is -0.648. The maximum absolute atomic E-state index is 12.6. The number of hydrogen-bond donors (Lipinski definition) is 0. The predicted molar refractivity (Wildman–Crippen MR) is 125 cm³/mol. The Morgan fingerprint density at radius 1 is 0.967 bits per heavy atom. The van der Waals surface area contributed by atoms with Gasteiger partial charge in [-0.2, -0.15) is 0 Å². The molecule has 1 atom stereocenters. The van der Waals surface area contributed by atoms with Crippen LogP contribution in [-0.2, 0) is 9.47 Å². The lowest BCUT2D eigenvalue weighted by Crippen LogP contribution is -2.49. The van der Waals surface area contributed by atoms with Crippen LogP contribution in [0.15, 0.2) is 0 Å². The molecule has 1 saturated heterocycles. The molecule has 4 heteroatoms. The minimum Gasteiger partial charge on any atom is -0.444 e. The van der Waals surface area contributed by atoms with E-state index in [1.165, 1.54) is 70.6 Å². The fourth-order valence-corrected chi connectivity index (χ4v) is 3.87. The summed E-state index contributed by atoms with van der Waals surface area (Å²) in [5.74, 6) is 6.56. The summed E-state index contributed by atoms with van der Waals surface area (Å²) in [5.41, 5.74) is -1.16. The molecule has 0 radical (unpaired) electrons. The van der Waals surface area contributed by atoms with Crippen LogP contribution < -0.4 is 0 Å². The molecule has 1 fully saturated rings. The molecule has 0 aromatic rings. The second-order valence-electron chi connectivity index (χ2n) is 10.1. The van der Waals surface area contributed by atoms with Gasteiger partial charge in [-0.15, -0.1) is 11.8 Å². The van der Waals surface area contributed by atoms with Gasteiger partial charge in [-0.05, 0) is 41.0 Å². The van der Waals surface area contributed by atoms with Crippen LogP contribution in [0.2, 0.25) is 0 Å². The fourth-order valence-electron chi connectivity index (χ4n) is 3.87. The van der Waals surface area contributed by atoms with Crippen LogP contribution in [0, 0.1) is 11.8 Å². The highest BCUT2D eigenvalue weighted by atomic mass is 16.6. The first kappa shape index (κ1) is 26.8. The Kier molecular flexibility index (Phi) is 12.5. The summed E-state index contributed by atoms with van der Waals surface area (Å²) in [7, 11) is 0. The van der Waals surface area contributed by atoms with Gasteiger partial charge in [-0.25, -0.2) is 4.79 Å². The van der Waals surface area contributed by atoms with E-state index in [4.69, 9.17) is 9.47 Å². The molecule has 0 aromatic carbocycles. The number of ether oxygens (including phenoxy) is 2. The molecule has 0 aliphatic carbocycles. The van der Waals surface area contributed by atoms with Gasteiger partial charge in [0.15, 0.2) is 0 Å². The Morgan fingerprint density at radius 2 is 1.50 bits per heavy atom. The van der Waals surface area contributed by atoms with E-state index in [9.17, 15) is 4.79 Å². The molecule has 1 rings (SSSR count). The zero-order chi connectivity index (χ0) is 22.5.